The van der Waals surface area contributed by atoms with Gasteiger partial charge in [-0.25, -0.2) is 8.42 Å². The molecule has 3 N–H and O–H groups in total. The number of hydrogen-bond acceptors (Lipinski definition) is 4. The second kappa shape index (κ2) is 4.98. The number of nitrogens with two attached hydrogens (primary N) is 1. The van der Waals surface area contributed by atoms with Crippen molar-refractivity contribution in [2.24, 2.45) is 5.73 Å². The summed E-state index contributed by atoms with van der Waals surface area (Å²) in [5, 5.41) is 2.65. The van der Waals surface area contributed by atoms with Crippen LogP contribution in [0.5, 0.6) is 0 Å². The van der Waals surface area contributed by atoms with Crippen molar-refractivity contribution in [3.63, 3.8) is 0 Å². The highest BCUT2D eigenvalue weighted by molar-refractivity contribution is 7.92. The summed E-state index contributed by atoms with van der Waals surface area (Å²) in [6, 6.07) is 11.8. The maximum atomic E-state index is 12.5. The van der Waals surface area contributed by atoms with E-state index in [1.807, 2.05) is 0 Å². The van der Waals surface area contributed by atoms with Crippen molar-refractivity contribution < 1.29 is 13.2 Å². The lowest BCUT2D eigenvalue weighted by atomic mass is 10.1. The molecule has 2 aromatic carbocycles. The molecule has 108 valence electrons. The molecule has 0 aromatic heterocycles. The van der Waals surface area contributed by atoms with Gasteiger partial charge >= 0.3 is 0 Å². The van der Waals surface area contributed by atoms with E-state index < -0.39 is 9.84 Å². The highest BCUT2D eigenvalue weighted by atomic mass is 32.2. The van der Waals surface area contributed by atoms with E-state index in [1.165, 1.54) is 6.07 Å². The molecule has 0 fully saturated rings. The fourth-order valence-corrected chi connectivity index (χ4v) is 4.15. The van der Waals surface area contributed by atoms with Crippen LogP contribution in [0.25, 0.3) is 11.1 Å². The van der Waals surface area contributed by atoms with Gasteiger partial charge in [-0.2, -0.15) is 0 Å². The van der Waals surface area contributed by atoms with Gasteiger partial charge in [-0.05, 0) is 18.2 Å². The summed E-state index contributed by atoms with van der Waals surface area (Å²) in [4.78, 5) is 12.1. The molecule has 0 bridgehead atoms. The van der Waals surface area contributed by atoms with E-state index in [1.54, 1.807) is 36.4 Å². The zero-order valence-corrected chi connectivity index (χ0v) is 12.0. The molecule has 2 aromatic rings. The molecule has 0 unspecified atom stereocenters. The van der Waals surface area contributed by atoms with E-state index in [9.17, 15) is 13.2 Å². The zero-order chi connectivity index (χ0) is 15.0. The first-order chi connectivity index (χ1) is 10.0. The van der Waals surface area contributed by atoms with Crippen LogP contribution in [0.3, 0.4) is 0 Å². The minimum Gasteiger partial charge on any atom is -0.330 e. The van der Waals surface area contributed by atoms with Crippen LogP contribution in [0.1, 0.15) is 6.42 Å². The number of carbonyl (C=O) groups excluding carboxylic acids is 1. The summed E-state index contributed by atoms with van der Waals surface area (Å²) in [5.74, 6) is -0.231. The van der Waals surface area contributed by atoms with Crippen LogP contribution in [0.4, 0.5) is 5.69 Å². The van der Waals surface area contributed by atoms with Crippen LogP contribution in [-0.4, -0.2) is 20.9 Å². The van der Waals surface area contributed by atoms with Crippen molar-refractivity contribution in [2.75, 3.05) is 11.9 Å². The van der Waals surface area contributed by atoms with E-state index >= 15 is 0 Å². The topological polar surface area (TPSA) is 89.3 Å². The lowest BCUT2D eigenvalue weighted by Gasteiger charge is -2.06. The monoisotopic (exact) mass is 302 g/mol. The van der Waals surface area contributed by atoms with Gasteiger partial charge in [0.2, 0.25) is 15.7 Å². The van der Waals surface area contributed by atoms with E-state index in [4.69, 9.17) is 5.73 Å². The largest absolute Gasteiger partial charge is 0.330 e. The Hall–Kier alpha value is -2.18. The Morgan fingerprint density at radius 3 is 2.52 bits per heavy atom. The molecular weight excluding hydrogens is 288 g/mol. The smallest absolute Gasteiger partial charge is 0.225 e. The zero-order valence-electron chi connectivity index (χ0n) is 11.2. The van der Waals surface area contributed by atoms with Crippen LogP contribution in [0.2, 0.25) is 0 Å². The molecule has 21 heavy (non-hydrogen) atoms. The summed E-state index contributed by atoms with van der Waals surface area (Å²) in [5.41, 5.74) is 7.15. The van der Waals surface area contributed by atoms with Crippen molar-refractivity contribution in [1.82, 2.24) is 0 Å². The number of hydrogen-bond donors (Lipinski definition) is 2. The fraction of sp³-hybridized carbons (Fsp3) is 0.133. The number of rotatable bonds is 3. The van der Waals surface area contributed by atoms with E-state index in [0.717, 1.165) is 0 Å². The van der Waals surface area contributed by atoms with Gasteiger partial charge in [-0.1, -0.05) is 24.3 Å². The number of anilines is 1. The Bertz CT molecular complexity index is 829. The second-order valence-electron chi connectivity index (χ2n) is 4.80. The molecule has 0 spiro atoms. The predicted octanol–water partition coefficient (Wildman–Crippen LogP) is 1.79. The molecular formula is C15H14N2O3S. The minimum absolute atomic E-state index is 0.198. The molecule has 0 atom stereocenters. The number of amides is 1. The van der Waals surface area contributed by atoms with Gasteiger partial charge in [0, 0.05) is 29.8 Å². The fourth-order valence-electron chi connectivity index (χ4n) is 2.44. The molecule has 0 saturated heterocycles. The number of nitrogens with one attached hydrogen (secondary N) is 1. The SMILES string of the molecule is NCCC(=O)Nc1ccc2c(c1)S(=O)(=O)c1ccccc1-2. The maximum absolute atomic E-state index is 12.5. The molecule has 0 radical (unpaired) electrons. The normalized spacial score (nSPS) is 14.3. The third kappa shape index (κ3) is 2.22. The van der Waals surface area contributed by atoms with Gasteiger partial charge in [0.25, 0.3) is 0 Å². The minimum atomic E-state index is -3.51. The molecule has 1 amide bonds. The van der Waals surface area contributed by atoms with Crippen molar-refractivity contribution in [1.29, 1.82) is 0 Å². The first kappa shape index (κ1) is 13.8. The van der Waals surface area contributed by atoms with Gasteiger partial charge in [0.15, 0.2) is 0 Å². The second-order valence-corrected chi connectivity index (χ2v) is 6.68. The standard InChI is InChI=1S/C15H14N2O3S/c16-8-7-15(18)17-10-5-6-12-11-3-1-2-4-13(11)21(19,20)14(12)9-10/h1-6,9H,7-8,16H2,(H,17,18). The maximum Gasteiger partial charge on any atom is 0.225 e. The molecule has 6 heteroatoms. The predicted molar refractivity (Wildman–Crippen MR) is 79.6 cm³/mol. The quantitative estimate of drug-likeness (QED) is 0.772. The summed E-state index contributed by atoms with van der Waals surface area (Å²) < 4.78 is 25.0. The summed E-state index contributed by atoms with van der Waals surface area (Å²) in [7, 11) is -3.51. The van der Waals surface area contributed by atoms with E-state index in [-0.39, 0.29) is 23.8 Å². The van der Waals surface area contributed by atoms with Gasteiger partial charge in [-0.3, -0.25) is 4.79 Å². The Kier molecular flexibility index (Phi) is 3.27. The first-order valence-electron chi connectivity index (χ1n) is 6.52. The molecule has 0 saturated carbocycles. The Morgan fingerprint density at radius 2 is 1.76 bits per heavy atom. The van der Waals surface area contributed by atoms with Gasteiger partial charge in [0.05, 0.1) is 9.79 Å². The average Bonchev–Trinajstić information content (AvgIpc) is 2.68. The number of sulfone groups is 1. The average molecular weight is 302 g/mol. The van der Waals surface area contributed by atoms with Gasteiger partial charge < -0.3 is 11.1 Å². The van der Waals surface area contributed by atoms with Crippen molar-refractivity contribution in [3.05, 3.63) is 42.5 Å². The van der Waals surface area contributed by atoms with E-state index in [2.05, 4.69) is 5.32 Å². The molecule has 5 nitrogen and oxygen atoms in total. The van der Waals surface area contributed by atoms with Gasteiger partial charge in [0.1, 0.15) is 0 Å². The first-order valence-corrected chi connectivity index (χ1v) is 8.01. The van der Waals surface area contributed by atoms with Gasteiger partial charge in [-0.15, -0.1) is 0 Å². The number of benzene rings is 2. The number of carbonyl (C=O) groups is 1. The molecule has 1 aliphatic rings. The summed E-state index contributed by atoms with van der Waals surface area (Å²) in [6.45, 7) is 0.251. The highest BCUT2D eigenvalue weighted by Gasteiger charge is 2.32. The van der Waals surface area contributed by atoms with E-state index in [0.29, 0.717) is 21.7 Å². The lowest BCUT2D eigenvalue weighted by molar-refractivity contribution is -0.116. The Balaban J connectivity index is 2.06. The lowest BCUT2D eigenvalue weighted by Crippen LogP contribution is -2.16. The van der Waals surface area contributed by atoms with Crippen molar-refractivity contribution >= 4 is 21.4 Å². The molecule has 3 rings (SSSR count). The van der Waals surface area contributed by atoms with Crippen LogP contribution in [0.15, 0.2) is 52.3 Å². The number of fused-ring (bicyclic) bond motifs is 3. The van der Waals surface area contributed by atoms with Crippen LogP contribution < -0.4 is 11.1 Å². The van der Waals surface area contributed by atoms with Crippen molar-refractivity contribution in [2.45, 2.75) is 16.2 Å². The Morgan fingerprint density at radius 1 is 1.05 bits per heavy atom. The summed E-state index contributed by atoms with van der Waals surface area (Å²) in [6.07, 6.45) is 0.198. The highest BCUT2D eigenvalue weighted by Crippen LogP contribution is 2.43. The molecule has 0 aliphatic carbocycles. The molecule has 1 heterocycles. The molecule has 1 aliphatic heterocycles. The third-order valence-electron chi connectivity index (χ3n) is 3.39. The third-order valence-corrected chi connectivity index (χ3v) is 5.24. The summed E-state index contributed by atoms with van der Waals surface area (Å²) >= 11 is 0. The van der Waals surface area contributed by atoms with Crippen LogP contribution >= 0.6 is 0 Å². The van der Waals surface area contributed by atoms with Crippen molar-refractivity contribution in [3.8, 4) is 11.1 Å². The Labute approximate surface area is 122 Å². The van der Waals surface area contributed by atoms with Crippen LogP contribution in [-0.2, 0) is 14.6 Å². The van der Waals surface area contributed by atoms with Crippen LogP contribution in [0, 0.1) is 0 Å².